The first-order valence-electron chi connectivity index (χ1n) is 5.26. The number of hydrogen-bond acceptors (Lipinski definition) is 5. The van der Waals surface area contributed by atoms with Crippen molar-refractivity contribution in [3.05, 3.63) is 18.7 Å². The van der Waals surface area contributed by atoms with E-state index in [-0.39, 0.29) is 12.8 Å². The van der Waals surface area contributed by atoms with Crippen molar-refractivity contribution < 1.29 is 24.6 Å². The Morgan fingerprint density at radius 2 is 1.84 bits per heavy atom. The summed E-state index contributed by atoms with van der Waals surface area (Å²) in [5.74, 6) is -2.44. The molecule has 102 valence electrons. The predicted octanol–water partition coefficient (Wildman–Crippen LogP) is -0.0839. The van der Waals surface area contributed by atoms with Gasteiger partial charge in [-0.2, -0.15) is 0 Å². The van der Waals surface area contributed by atoms with E-state index < -0.39 is 24.0 Å². The molecule has 0 radical (unpaired) electrons. The summed E-state index contributed by atoms with van der Waals surface area (Å²) in [4.78, 5) is 40.0. The fraction of sp³-hybridized carbons (Fsp3) is 0.300. The summed E-state index contributed by atoms with van der Waals surface area (Å²) in [6, 6.07) is -2.05. The largest absolute Gasteiger partial charge is 0.481 e. The molecule has 0 spiro atoms. The molecule has 0 saturated heterocycles. The van der Waals surface area contributed by atoms with Crippen LogP contribution in [0.15, 0.2) is 18.7 Å². The molecule has 0 aliphatic heterocycles. The number of aromatic nitrogens is 2. The van der Waals surface area contributed by atoms with Crippen molar-refractivity contribution in [2.75, 3.05) is 5.32 Å². The van der Waals surface area contributed by atoms with Crippen LogP contribution in [0.25, 0.3) is 0 Å². The maximum absolute atomic E-state index is 11.5. The molecule has 1 rings (SSSR count). The Kier molecular flexibility index (Phi) is 5.20. The molecule has 0 bridgehead atoms. The fourth-order valence-electron chi connectivity index (χ4n) is 1.21. The number of carbonyl (C=O) groups is 3. The van der Waals surface area contributed by atoms with Crippen LogP contribution in [0.3, 0.4) is 0 Å². The van der Waals surface area contributed by atoms with E-state index in [0.29, 0.717) is 5.69 Å². The Morgan fingerprint density at radius 1 is 1.21 bits per heavy atom. The number of amides is 2. The Hall–Kier alpha value is -2.71. The third-order valence-corrected chi connectivity index (χ3v) is 2.07. The van der Waals surface area contributed by atoms with Crippen molar-refractivity contribution in [3.63, 3.8) is 0 Å². The van der Waals surface area contributed by atoms with Crippen LogP contribution >= 0.6 is 0 Å². The second-order valence-electron chi connectivity index (χ2n) is 3.55. The molecule has 0 saturated carbocycles. The van der Waals surface area contributed by atoms with Crippen molar-refractivity contribution in [1.82, 2.24) is 15.3 Å². The molecule has 1 heterocycles. The average Bonchev–Trinajstić information content (AvgIpc) is 2.35. The van der Waals surface area contributed by atoms with Gasteiger partial charge in [0.15, 0.2) is 0 Å². The van der Waals surface area contributed by atoms with Crippen LogP contribution in [0, 0.1) is 0 Å². The molecule has 2 amide bonds. The molecule has 0 aliphatic carbocycles. The average molecular weight is 268 g/mol. The molecule has 0 unspecified atom stereocenters. The molecule has 19 heavy (non-hydrogen) atoms. The number of aliphatic carboxylic acids is 2. The van der Waals surface area contributed by atoms with E-state index in [2.05, 4.69) is 20.6 Å². The standard InChI is InChI=1S/C10H12N4O5/c15-8(16)2-1-7(9(17)18)14-10(19)13-6-3-11-5-12-4-6/h3-5,7H,1-2H2,(H,15,16)(H,17,18)(H2,13,14,19)/t7-/m0/s1. The fourth-order valence-corrected chi connectivity index (χ4v) is 1.21. The molecular weight excluding hydrogens is 256 g/mol. The summed E-state index contributed by atoms with van der Waals surface area (Å²) >= 11 is 0. The second-order valence-corrected chi connectivity index (χ2v) is 3.55. The monoisotopic (exact) mass is 268 g/mol. The minimum absolute atomic E-state index is 0.205. The topological polar surface area (TPSA) is 142 Å². The number of nitrogens with zero attached hydrogens (tertiary/aromatic N) is 2. The number of urea groups is 1. The minimum atomic E-state index is -1.30. The quantitative estimate of drug-likeness (QED) is 0.565. The van der Waals surface area contributed by atoms with E-state index in [1.54, 1.807) is 0 Å². The SMILES string of the molecule is O=C(O)CC[C@H](NC(=O)Nc1cncnc1)C(=O)O. The maximum atomic E-state index is 11.5. The van der Waals surface area contributed by atoms with Crippen molar-refractivity contribution in [2.24, 2.45) is 0 Å². The highest BCUT2D eigenvalue weighted by atomic mass is 16.4. The van der Waals surface area contributed by atoms with Crippen LogP contribution in [0.1, 0.15) is 12.8 Å². The lowest BCUT2D eigenvalue weighted by atomic mass is 10.1. The summed E-state index contributed by atoms with van der Waals surface area (Å²) in [6.45, 7) is 0. The number of hydrogen-bond donors (Lipinski definition) is 4. The van der Waals surface area contributed by atoms with Crippen LogP contribution in [-0.2, 0) is 9.59 Å². The van der Waals surface area contributed by atoms with E-state index in [4.69, 9.17) is 10.2 Å². The molecule has 9 heteroatoms. The van der Waals surface area contributed by atoms with Crippen LogP contribution < -0.4 is 10.6 Å². The summed E-state index contributed by atoms with van der Waals surface area (Å²) in [7, 11) is 0. The first-order valence-corrected chi connectivity index (χ1v) is 5.26. The summed E-state index contributed by atoms with van der Waals surface area (Å²) in [5, 5.41) is 21.8. The van der Waals surface area contributed by atoms with Crippen LogP contribution in [-0.4, -0.2) is 44.2 Å². The first-order chi connectivity index (χ1) is 8.99. The Bertz CT molecular complexity index is 464. The molecule has 9 nitrogen and oxygen atoms in total. The van der Waals surface area contributed by atoms with Gasteiger partial charge >= 0.3 is 18.0 Å². The summed E-state index contributed by atoms with van der Waals surface area (Å²) in [6.07, 6.45) is 3.38. The molecule has 4 N–H and O–H groups in total. The van der Waals surface area contributed by atoms with Gasteiger partial charge in [-0.1, -0.05) is 0 Å². The normalized spacial score (nSPS) is 11.4. The van der Waals surface area contributed by atoms with Crippen molar-refractivity contribution in [2.45, 2.75) is 18.9 Å². The summed E-state index contributed by atoms with van der Waals surface area (Å²) in [5.41, 5.74) is 0.294. The van der Waals surface area contributed by atoms with Gasteiger partial charge in [0.1, 0.15) is 12.4 Å². The highest BCUT2D eigenvalue weighted by Gasteiger charge is 2.20. The zero-order valence-corrected chi connectivity index (χ0v) is 9.74. The molecule has 1 aromatic rings. The van der Waals surface area contributed by atoms with Crippen molar-refractivity contribution in [1.29, 1.82) is 0 Å². The lowest BCUT2D eigenvalue weighted by molar-refractivity contribution is -0.140. The smallest absolute Gasteiger partial charge is 0.326 e. The zero-order valence-electron chi connectivity index (χ0n) is 9.74. The van der Waals surface area contributed by atoms with Crippen LogP contribution in [0.4, 0.5) is 10.5 Å². The van der Waals surface area contributed by atoms with Gasteiger partial charge in [-0.25, -0.2) is 19.6 Å². The van der Waals surface area contributed by atoms with E-state index in [1.807, 2.05) is 0 Å². The lowest BCUT2D eigenvalue weighted by Crippen LogP contribution is -2.43. The Labute approximate surface area is 107 Å². The van der Waals surface area contributed by atoms with Crippen LogP contribution in [0.2, 0.25) is 0 Å². The predicted molar refractivity (Wildman–Crippen MR) is 62.5 cm³/mol. The second kappa shape index (κ2) is 6.89. The van der Waals surface area contributed by atoms with Crippen LogP contribution in [0.5, 0.6) is 0 Å². The van der Waals surface area contributed by atoms with E-state index in [9.17, 15) is 14.4 Å². The first kappa shape index (κ1) is 14.4. The number of carbonyl (C=O) groups excluding carboxylic acids is 1. The molecule has 1 aromatic heterocycles. The van der Waals surface area contributed by atoms with Crippen molar-refractivity contribution >= 4 is 23.7 Å². The molecule has 1 atom stereocenters. The third-order valence-electron chi connectivity index (χ3n) is 2.07. The van der Waals surface area contributed by atoms with E-state index >= 15 is 0 Å². The third kappa shape index (κ3) is 5.44. The number of anilines is 1. The van der Waals surface area contributed by atoms with Gasteiger partial charge in [0, 0.05) is 6.42 Å². The number of rotatable bonds is 6. The number of carboxylic acid groups (broad SMARTS) is 2. The highest BCUT2D eigenvalue weighted by molar-refractivity contribution is 5.92. The van der Waals surface area contributed by atoms with Gasteiger partial charge in [-0.3, -0.25) is 4.79 Å². The highest BCUT2D eigenvalue weighted by Crippen LogP contribution is 2.02. The molecule has 0 fully saturated rings. The lowest BCUT2D eigenvalue weighted by Gasteiger charge is -2.13. The van der Waals surface area contributed by atoms with E-state index in [0.717, 1.165) is 0 Å². The van der Waals surface area contributed by atoms with Gasteiger partial charge < -0.3 is 20.8 Å². The van der Waals surface area contributed by atoms with E-state index in [1.165, 1.54) is 18.7 Å². The number of nitrogens with one attached hydrogen (secondary N) is 2. The summed E-state index contributed by atoms with van der Waals surface area (Å²) < 4.78 is 0. The Balaban J connectivity index is 2.52. The zero-order chi connectivity index (χ0) is 14.3. The van der Waals surface area contributed by atoms with Crippen molar-refractivity contribution in [3.8, 4) is 0 Å². The molecule has 0 aliphatic rings. The van der Waals surface area contributed by atoms with Gasteiger partial charge in [-0.05, 0) is 6.42 Å². The maximum Gasteiger partial charge on any atom is 0.326 e. The Morgan fingerprint density at radius 3 is 2.37 bits per heavy atom. The van der Waals surface area contributed by atoms with Gasteiger partial charge in [-0.15, -0.1) is 0 Å². The van der Waals surface area contributed by atoms with Gasteiger partial charge in [0.25, 0.3) is 0 Å². The minimum Gasteiger partial charge on any atom is -0.481 e. The van der Waals surface area contributed by atoms with Gasteiger partial charge in [0.2, 0.25) is 0 Å². The molecular formula is C10H12N4O5. The van der Waals surface area contributed by atoms with Gasteiger partial charge in [0.05, 0.1) is 18.1 Å². The number of carboxylic acids is 2. The molecule has 0 aromatic carbocycles.